The van der Waals surface area contributed by atoms with E-state index in [4.69, 9.17) is 5.11 Å². The maximum Gasteiger partial charge on any atom is 0.121 e. The highest BCUT2D eigenvalue weighted by atomic mass is 32.2. The van der Waals surface area contributed by atoms with Crippen LogP contribution in [0.1, 0.15) is 0 Å². The summed E-state index contributed by atoms with van der Waals surface area (Å²) in [6.45, 7) is 0. The third kappa shape index (κ3) is 1.38. The summed E-state index contributed by atoms with van der Waals surface area (Å²) in [6.07, 6.45) is 1.76. The molecule has 62 valence electrons. The summed E-state index contributed by atoms with van der Waals surface area (Å²) in [7, 11) is -0.372. The van der Waals surface area contributed by atoms with Crippen LogP contribution in [0.4, 0.5) is 0 Å². The Balaban J connectivity index is 2.29. The lowest BCUT2D eigenvalue weighted by Crippen LogP contribution is -1.72. The molecular weight excluding hydrogens is 168 g/mol. The van der Waals surface area contributed by atoms with Crippen LogP contribution in [0.2, 0.25) is 0 Å². The van der Waals surface area contributed by atoms with Crippen LogP contribution >= 0.6 is 10.9 Å². The highest BCUT2D eigenvalue weighted by Gasteiger charge is 2.05. The van der Waals surface area contributed by atoms with Gasteiger partial charge in [-0.3, -0.25) is 0 Å². The van der Waals surface area contributed by atoms with Crippen molar-refractivity contribution in [1.29, 1.82) is 0 Å². The Morgan fingerprint density at radius 2 is 1.83 bits per heavy atom. The number of thiol groups is 1. The maximum atomic E-state index is 9.15. The number of rotatable bonds is 1. The van der Waals surface area contributed by atoms with Crippen molar-refractivity contribution in [2.24, 2.45) is 0 Å². The minimum Gasteiger partial charge on any atom is -0.507 e. The van der Waals surface area contributed by atoms with Gasteiger partial charge in [-0.15, -0.1) is 0 Å². The summed E-state index contributed by atoms with van der Waals surface area (Å²) in [4.78, 5) is 1.28. The average Bonchev–Trinajstić information content (AvgIpc) is 2.54. The van der Waals surface area contributed by atoms with Gasteiger partial charge in [0.05, 0.1) is 0 Å². The van der Waals surface area contributed by atoms with E-state index in [1.165, 1.54) is 4.90 Å². The molecule has 0 fully saturated rings. The molecule has 0 saturated heterocycles. The summed E-state index contributed by atoms with van der Waals surface area (Å²) >= 11 is 0. The third-order valence-corrected chi connectivity index (χ3v) is 3.64. The summed E-state index contributed by atoms with van der Waals surface area (Å²) in [5.74, 6) is 0.393. The molecule has 0 aliphatic carbocycles. The topological polar surface area (TPSA) is 20.2 Å². The fourth-order valence-corrected chi connectivity index (χ4v) is 2.75. The highest BCUT2D eigenvalue weighted by molar-refractivity contribution is 8.22. The average molecular weight is 178 g/mol. The molecule has 1 heterocycles. The molecule has 0 amide bonds. The van der Waals surface area contributed by atoms with Gasteiger partial charge < -0.3 is 5.11 Å². The van der Waals surface area contributed by atoms with E-state index in [1.807, 2.05) is 23.6 Å². The van der Waals surface area contributed by atoms with Crippen molar-refractivity contribution < 1.29 is 5.11 Å². The normalized spacial score (nSPS) is 24.0. The largest absolute Gasteiger partial charge is 0.507 e. The van der Waals surface area contributed by atoms with Crippen molar-refractivity contribution in [1.82, 2.24) is 0 Å². The first-order valence-corrected chi connectivity index (χ1v) is 5.26. The molecule has 1 aromatic carbocycles. The van der Waals surface area contributed by atoms with Gasteiger partial charge in [0.1, 0.15) is 5.76 Å². The Bertz CT molecular complexity index is 327. The van der Waals surface area contributed by atoms with Gasteiger partial charge in [-0.2, -0.15) is 10.9 Å². The van der Waals surface area contributed by atoms with Crippen LogP contribution in [0, 0.1) is 0 Å². The molecule has 1 aromatic rings. The highest BCUT2D eigenvalue weighted by Crippen LogP contribution is 2.43. The van der Waals surface area contributed by atoms with Gasteiger partial charge in [-0.05, 0) is 28.5 Å². The van der Waals surface area contributed by atoms with Gasteiger partial charge >= 0.3 is 0 Å². The van der Waals surface area contributed by atoms with E-state index in [0.717, 1.165) is 0 Å². The number of benzene rings is 1. The molecular formula is C10H10OS. The molecule has 2 heteroatoms. The van der Waals surface area contributed by atoms with E-state index >= 15 is 0 Å². The first-order valence-electron chi connectivity index (χ1n) is 3.78. The molecule has 1 unspecified atom stereocenters. The van der Waals surface area contributed by atoms with E-state index in [-0.39, 0.29) is 10.9 Å². The zero-order valence-electron chi connectivity index (χ0n) is 6.51. The van der Waals surface area contributed by atoms with Crippen LogP contribution < -0.4 is 0 Å². The molecule has 0 saturated carbocycles. The Kier molecular flexibility index (Phi) is 1.92. The number of aliphatic hydroxyl groups is 1. The van der Waals surface area contributed by atoms with Gasteiger partial charge in [0.2, 0.25) is 0 Å². The van der Waals surface area contributed by atoms with E-state index < -0.39 is 0 Å². The van der Waals surface area contributed by atoms with Crippen LogP contribution in [0.5, 0.6) is 0 Å². The number of hydrogen-bond acceptors (Lipinski definition) is 1. The minimum absolute atomic E-state index is 0.372. The number of allylic oxidation sites excluding steroid dienone is 1. The summed E-state index contributed by atoms with van der Waals surface area (Å²) in [5.41, 5.74) is 0. The van der Waals surface area contributed by atoms with Crippen molar-refractivity contribution in [3.8, 4) is 0 Å². The summed E-state index contributed by atoms with van der Waals surface area (Å²) in [5, 5.41) is 13.1. The van der Waals surface area contributed by atoms with Gasteiger partial charge in [-0.25, -0.2) is 0 Å². The lowest BCUT2D eigenvalue weighted by atomic mass is 10.4. The van der Waals surface area contributed by atoms with Gasteiger partial charge in [0.25, 0.3) is 0 Å². The molecule has 1 aliphatic rings. The Morgan fingerprint density at radius 1 is 1.08 bits per heavy atom. The molecule has 1 nitrogen and oxygen atoms in total. The Hall–Kier alpha value is -1.15. The third-order valence-electron chi connectivity index (χ3n) is 1.73. The van der Waals surface area contributed by atoms with Crippen molar-refractivity contribution in [2.75, 3.05) is 0 Å². The van der Waals surface area contributed by atoms with Crippen LogP contribution in [0.25, 0.3) is 0 Å². The van der Waals surface area contributed by atoms with E-state index in [2.05, 4.69) is 17.5 Å². The van der Waals surface area contributed by atoms with Crippen LogP contribution in [-0.2, 0) is 0 Å². The molecule has 0 aromatic heterocycles. The van der Waals surface area contributed by atoms with Gasteiger partial charge in [0.15, 0.2) is 0 Å². The van der Waals surface area contributed by atoms with Crippen molar-refractivity contribution >= 4 is 10.9 Å². The molecule has 0 spiro atoms. The van der Waals surface area contributed by atoms with E-state index in [9.17, 15) is 0 Å². The second kappa shape index (κ2) is 3.07. The summed E-state index contributed by atoms with van der Waals surface area (Å²) in [6, 6.07) is 10.2. The quantitative estimate of drug-likeness (QED) is 0.633. The SMILES string of the molecule is OC1=C[SH](c2ccccc2)C=C1. The molecule has 1 N–H and O–H groups in total. The fourth-order valence-electron chi connectivity index (χ4n) is 1.15. The van der Waals surface area contributed by atoms with Gasteiger partial charge in [-0.1, -0.05) is 18.2 Å². The monoisotopic (exact) mass is 178 g/mol. The molecule has 12 heavy (non-hydrogen) atoms. The molecule has 1 atom stereocenters. The second-order valence-electron chi connectivity index (χ2n) is 2.61. The van der Waals surface area contributed by atoms with Gasteiger partial charge in [0, 0.05) is 5.41 Å². The first kappa shape index (κ1) is 7.50. The van der Waals surface area contributed by atoms with E-state index in [0.29, 0.717) is 5.76 Å². The van der Waals surface area contributed by atoms with Crippen LogP contribution in [0.3, 0.4) is 0 Å². The zero-order chi connectivity index (χ0) is 8.39. The number of aliphatic hydroxyl groups excluding tert-OH is 1. The standard InChI is InChI=1S/C10H10OS/c11-9-6-7-12(8-9)10-4-2-1-3-5-10/h1-8,11-12H. The van der Waals surface area contributed by atoms with Crippen LogP contribution in [0.15, 0.2) is 57.9 Å². The molecule has 0 bridgehead atoms. The fraction of sp³-hybridized carbons (Fsp3) is 0. The molecule has 2 rings (SSSR count). The lowest BCUT2D eigenvalue weighted by Gasteiger charge is -2.08. The Morgan fingerprint density at radius 3 is 2.42 bits per heavy atom. The predicted molar refractivity (Wildman–Crippen MR) is 53.5 cm³/mol. The predicted octanol–water partition coefficient (Wildman–Crippen LogP) is 2.97. The Labute approximate surface area is 74.4 Å². The minimum atomic E-state index is -0.372. The van der Waals surface area contributed by atoms with Crippen molar-refractivity contribution in [2.45, 2.75) is 4.90 Å². The summed E-state index contributed by atoms with van der Waals surface area (Å²) < 4.78 is 0. The maximum absolute atomic E-state index is 9.15. The van der Waals surface area contributed by atoms with Crippen molar-refractivity contribution in [3.63, 3.8) is 0 Å². The molecule has 1 aliphatic heterocycles. The lowest BCUT2D eigenvalue weighted by molar-refractivity contribution is 0.435. The zero-order valence-corrected chi connectivity index (χ0v) is 7.41. The van der Waals surface area contributed by atoms with Crippen LogP contribution in [-0.4, -0.2) is 5.11 Å². The van der Waals surface area contributed by atoms with Crippen molar-refractivity contribution in [3.05, 3.63) is 53.0 Å². The first-order chi connectivity index (χ1) is 5.86. The van der Waals surface area contributed by atoms with E-state index in [1.54, 1.807) is 6.08 Å². The number of hydrogen-bond donors (Lipinski definition) is 2. The molecule has 0 radical (unpaired) electrons. The second-order valence-corrected chi connectivity index (χ2v) is 4.50. The smallest absolute Gasteiger partial charge is 0.121 e.